The van der Waals surface area contributed by atoms with Gasteiger partial charge in [-0.1, -0.05) is 0 Å². The topological polar surface area (TPSA) is 52.6 Å². The molecular formula is C9H16N2O2. The highest BCUT2D eigenvalue weighted by Crippen LogP contribution is 2.28. The molecule has 74 valence electrons. The third-order valence-corrected chi connectivity index (χ3v) is 3.22. The van der Waals surface area contributed by atoms with Gasteiger partial charge in [0.25, 0.3) is 0 Å². The number of carbonyl (C=O) groups is 1. The van der Waals surface area contributed by atoms with Crippen molar-refractivity contribution in [3.05, 3.63) is 0 Å². The number of likely N-dealkylation sites (tertiary alicyclic amines) is 1. The number of piperidine rings is 1. The fourth-order valence-corrected chi connectivity index (χ4v) is 2.22. The minimum atomic E-state index is -0.653. The second-order valence-corrected chi connectivity index (χ2v) is 3.96. The van der Waals surface area contributed by atoms with E-state index >= 15 is 0 Å². The Morgan fingerprint density at radius 3 is 2.54 bits per heavy atom. The first-order chi connectivity index (χ1) is 6.26. The van der Waals surface area contributed by atoms with Crippen molar-refractivity contribution in [2.75, 3.05) is 26.2 Å². The van der Waals surface area contributed by atoms with Crippen molar-refractivity contribution in [2.45, 2.75) is 24.8 Å². The van der Waals surface area contributed by atoms with E-state index in [1.54, 1.807) is 0 Å². The molecule has 2 saturated heterocycles. The van der Waals surface area contributed by atoms with Gasteiger partial charge in [-0.15, -0.1) is 0 Å². The molecule has 1 unspecified atom stereocenters. The van der Waals surface area contributed by atoms with Gasteiger partial charge in [-0.3, -0.25) is 9.69 Å². The Labute approximate surface area is 77.9 Å². The summed E-state index contributed by atoms with van der Waals surface area (Å²) in [6.45, 7) is 3.48. The molecule has 2 aliphatic rings. The summed E-state index contributed by atoms with van der Waals surface area (Å²) in [5.74, 6) is -0.653. The number of hydrogen-bond acceptors (Lipinski definition) is 3. The molecule has 2 aliphatic heterocycles. The SMILES string of the molecule is O=C(O)C1(N2CCC2)CCCNC1. The van der Waals surface area contributed by atoms with Gasteiger partial charge in [-0.2, -0.15) is 0 Å². The highest BCUT2D eigenvalue weighted by molar-refractivity contribution is 5.79. The van der Waals surface area contributed by atoms with Crippen molar-refractivity contribution in [1.82, 2.24) is 10.2 Å². The van der Waals surface area contributed by atoms with Crippen LogP contribution in [0.15, 0.2) is 0 Å². The Morgan fingerprint density at radius 1 is 1.38 bits per heavy atom. The molecule has 4 heteroatoms. The van der Waals surface area contributed by atoms with Crippen molar-refractivity contribution in [3.8, 4) is 0 Å². The van der Waals surface area contributed by atoms with Gasteiger partial charge in [0.15, 0.2) is 0 Å². The normalized spacial score (nSPS) is 35.4. The van der Waals surface area contributed by atoms with Crippen LogP contribution in [-0.4, -0.2) is 47.7 Å². The summed E-state index contributed by atoms with van der Waals surface area (Å²) >= 11 is 0. The molecule has 0 bridgehead atoms. The molecule has 0 radical (unpaired) electrons. The molecule has 0 aliphatic carbocycles. The molecule has 0 aromatic rings. The van der Waals surface area contributed by atoms with E-state index in [4.69, 9.17) is 0 Å². The van der Waals surface area contributed by atoms with Gasteiger partial charge in [0, 0.05) is 19.6 Å². The fraction of sp³-hybridized carbons (Fsp3) is 0.889. The average Bonchev–Trinajstić information content (AvgIpc) is 2.02. The molecule has 0 aromatic carbocycles. The van der Waals surface area contributed by atoms with Gasteiger partial charge in [0.1, 0.15) is 5.54 Å². The third-order valence-electron chi connectivity index (χ3n) is 3.22. The fourth-order valence-electron chi connectivity index (χ4n) is 2.22. The first kappa shape index (κ1) is 8.97. The van der Waals surface area contributed by atoms with Gasteiger partial charge in [0.2, 0.25) is 0 Å². The highest BCUT2D eigenvalue weighted by atomic mass is 16.4. The maximum absolute atomic E-state index is 11.2. The maximum atomic E-state index is 11.2. The van der Waals surface area contributed by atoms with Crippen molar-refractivity contribution in [3.63, 3.8) is 0 Å². The predicted octanol–water partition coefficient (Wildman–Crippen LogP) is -0.101. The van der Waals surface area contributed by atoms with Crippen LogP contribution in [0.1, 0.15) is 19.3 Å². The summed E-state index contributed by atoms with van der Waals surface area (Å²) in [7, 11) is 0. The molecule has 13 heavy (non-hydrogen) atoms. The minimum absolute atomic E-state index is 0.587. The minimum Gasteiger partial charge on any atom is -0.480 e. The van der Waals surface area contributed by atoms with Gasteiger partial charge in [-0.05, 0) is 25.8 Å². The molecule has 0 saturated carbocycles. The molecule has 1 atom stereocenters. The lowest BCUT2D eigenvalue weighted by Gasteiger charge is -2.47. The molecular weight excluding hydrogens is 168 g/mol. The second kappa shape index (κ2) is 3.27. The third kappa shape index (κ3) is 1.34. The lowest BCUT2D eigenvalue weighted by atomic mass is 9.86. The first-order valence-corrected chi connectivity index (χ1v) is 4.95. The van der Waals surface area contributed by atoms with E-state index in [0.29, 0.717) is 6.54 Å². The van der Waals surface area contributed by atoms with Gasteiger partial charge in [0.05, 0.1) is 0 Å². The van der Waals surface area contributed by atoms with Crippen molar-refractivity contribution in [1.29, 1.82) is 0 Å². The van der Waals surface area contributed by atoms with Crippen LogP contribution in [0.2, 0.25) is 0 Å². The van der Waals surface area contributed by atoms with Crippen molar-refractivity contribution < 1.29 is 9.90 Å². The van der Waals surface area contributed by atoms with Crippen LogP contribution in [0.5, 0.6) is 0 Å². The Morgan fingerprint density at radius 2 is 2.15 bits per heavy atom. The Hall–Kier alpha value is -0.610. The van der Waals surface area contributed by atoms with Crippen LogP contribution in [-0.2, 0) is 4.79 Å². The van der Waals surface area contributed by atoms with Crippen LogP contribution < -0.4 is 5.32 Å². The molecule has 2 N–H and O–H groups in total. The van der Waals surface area contributed by atoms with Gasteiger partial charge >= 0.3 is 5.97 Å². The lowest BCUT2D eigenvalue weighted by molar-refractivity contribution is -0.156. The summed E-state index contributed by atoms with van der Waals surface area (Å²) in [5, 5.41) is 12.4. The molecule has 0 aromatic heterocycles. The number of hydrogen-bond donors (Lipinski definition) is 2. The van der Waals surface area contributed by atoms with E-state index in [1.165, 1.54) is 0 Å². The zero-order chi connectivity index (χ0) is 9.31. The van der Waals surface area contributed by atoms with Gasteiger partial charge in [-0.25, -0.2) is 0 Å². The van der Waals surface area contributed by atoms with Crippen LogP contribution >= 0.6 is 0 Å². The summed E-state index contributed by atoms with van der Waals surface area (Å²) in [5.41, 5.74) is -0.587. The number of nitrogens with one attached hydrogen (secondary N) is 1. The predicted molar refractivity (Wildman–Crippen MR) is 48.7 cm³/mol. The van der Waals surface area contributed by atoms with Crippen LogP contribution in [0.3, 0.4) is 0 Å². The molecule has 0 amide bonds. The van der Waals surface area contributed by atoms with Crippen molar-refractivity contribution >= 4 is 5.97 Å². The molecule has 2 rings (SSSR count). The Balaban J connectivity index is 2.12. The van der Waals surface area contributed by atoms with Crippen LogP contribution in [0.25, 0.3) is 0 Å². The number of carboxylic acid groups (broad SMARTS) is 1. The van der Waals surface area contributed by atoms with Gasteiger partial charge < -0.3 is 10.4 Å². The smallest absolute Gasteiger partial charge is 0.325 e. The summed E-state index contributed by atoms with van der Waals surface area (Å²) in [6.07, 6.45) is 2.92. The number of aliphatic carboxylic acids is 1. The van der Waals surface area contributed by atoms with Crippen LogP contribution in [0, 0.1) is 0 Å². The number of nitrogens with zero attached hydrogens (tertiary/aromatic N) is 1. The largest absolute Gasteiger partial charge is 0.480 e. The van der Waals surface area contributed by atoms with Crippen molar-refractivity contribution in [2.24, 2.45) is 0 Å². The van der Waals surface area contributed by atoms with E-state index in [2.05, 4.69) is 10.2 Å². The number of rotatable bonds is 2. The van der Waals surface area contributed by atoms with E-state index < -0.39 is 11.5 Å². The lowest BCUT2D eigenvalue weighted by Crippen LogP contribution is -2.66. The van der Waals surface area contributed by atoms with E-state index in [9.17, 15) is 9.90 Å². The summed E-state index contributed by atoms with van der Waals surface area (Å²) in [4.78, 5) is 13.3. The Bertz CT molecular complexity index is 208. The standard InChI is InChI=1S/C9H16N2O2/c12-8(13)9(11-5-2-6-11)3-1-4-10-7-9/h10H,1-7H2,(H,12,13). The van der Waals surface area contributed by atoms with E-state index in [-0.39, 0.29) is 0 Å². The second-order valence-electron chi connectivity index (χ2n) is 3.96. The van der Waals surface area contributed by atoms with E-state index in [0.717, 1.165) is 38.9 Å². The molecule has 0 spiro atoms. The molecule has 4 nitrogen and oxygen atoms in total. The highest BCUT2D eigenvalue weighted by Gasteiger charge is 2.46. The maximum Gasteiger partial charge on any atom is 0.325 e. The monoisotopic (exact) mass is 184 g/mol. The number of carboxylic acids is 1. The average molecular weight is 184 g/mol. The summed E-state index contributed by atoms with van der Waals surface area (Å²) in [6, 6.07) is 0. The van der Waals surface area contributed by atoms with Crippen LogP contribution in [0.4, 0.5) is 0 Å². The zero-order valence-corrected chi connectivity index (χ0v) is 7.75. The first-order valence-electron chi connectivity index (χ1n) is 4.95. The summed E-state index contributed by atoms with van der Waals surface area (Å²) < 4.78 is 0. The van der Waals surface area contributed by atoms with E-state index in [1.807, 2.05) is 0 Å². The zero-order valence-electron chi connectivity index (χ0n) is 7.75. The molecule has 2 heterocycles. The quantitative estimate of drug-likeness (QED) is 0.629. The Kier molecular flexibility index (Phi) is 2.26. The molecule has 2 fully saturated rings.